The van der Waals surface area contributed by atoms with Crippen molar-refractivity contribution in [3.8, 4) is 0 Å². The molecule has 6 atom stereocenters. The predicted molar refractivity (Wildman–Crippen MR) is 98.9 cm³/mol. The summed E-state index contributed by atoms with van der Waals surface area (Å²) in [7, 11) is -0.235. The molecule has 1 saturated heterocycles. The van der Waals surface area contributed by atoms with Gasteiger partial charge in [-0.25, -0.2) is 15.0 Å². The zero-order valence-corrected chi connectivity index (χ0v) is 16.6. The third kappa shape index (κ3) is 4.47. The second-order valence-electron chi connectivity index (χ2n) is 6.51. The Kier molecular flexibility index (Phi) is 7.42. The van der Waals surface area contributed by atoms with Crippen molar-refractivity contribution in [2.24, 2.45) is 5.73 Å². The molecule has 3 rings (SSSR count). The zero-order chi connectivity index (χ0) is 19.7. The minimum Gasteiger partial charge on any atom is -1.00 e. The Hall–Kier alpha value is -1.70. The van der Waals surface area contributed by atoms with Crippen LogP contribution in [-0.2, 0) is 20.4 Å². The molecule has 156 valence electrons. The van der Waals surface area contributed by atoms with Crippen LogP contribution < -0.4 is 23.9 Å². The number of carboxylic acids is 1. The Morgan fingerprint density at radius 1 is 1.36 bits per heavy atom. The largest absolute Gasteiger partial charge is 1.00 e. The normalized spacial score (nSPS) is 26.7. The van der Waals surface area contributed by atoms with Crippen LogP contribution in [-0.4, -0.2) is 82.9 Å². The van der Waals surface area contributed by atoms with E-state index in [4.69, 9.17) is 21.3 Å². The van der Waals surface area contributed by atoms with Crippen molar-refractivity contribution in [1.82, 2.24) is 19.5 Å². The number of aliphatic carboxylic acids is 1. The van der Waals surface area contributed by atoms with Gasteiger partial charge in [0.05, 0.1) is 12.6 Å². The van der Waals surface area contributed by atoms with E-state index in [2.05, 4.69) is 15.0 Å². The molecule has 0 radical (unpaired) electrons. The number of carbonyl (C=O) groups is 1. The summed E-state index contributed by atoms with van der Waals surface area (Å²) in [6, 6.07) is -0.907. The first-order valence-electron chi connectivity index (χ1n) is 8.31. The smallest absolute Gasteiger partial charge is 0.320 e. The first kappa shape index (κ1) is 22.6. The lowest BCUT2D eigenvalue weighted by molar-refractivity contribution is -0.138. The molecule has 0 bridgehead atoms. The lowest BCUT2D eigenvalue weighted by Gasteiger charge is -2.16. The fourth-order valence-electron chi connectivity index (χ4n) is 2.97. The molecule has 0 aromatic carbocycles. The van der Waals surface area contributed by atoms with Crippen LogP contribution in [0.2, 0.25) is 0 Å². The van der Waals surface area contributed by atoms with Gasteiger partial charge >= 0.3 is 5.97 Å². The number of aliphatic hydroxyl groups is 2. The summed E-state index contributed by atoms with van der Waals surface area (Å²) in [5.74, 6) is 0.254. The molecule has 7 N–H and O–H groups in total. The molecule has 1 fully saturated rings. The van der Waals surface area contributed by atoms with Crippen molar-refractivity contribution in [3.05, 3.63) is 12.7 Å². The van der Waals surface area contributed by atoms with Gasteiger partial charge in [0.15, 0.2) is 17.7 Å². The standard InChI is InChI=1S/C15H22N6O5S.ClH/c1-27(3-2-7(16)15(24)25)4-8-10(22)11(23)14(26-8)21-6-20-9-12(17)18-5-19-13(9)21;/h5-8,10-11,14,22-23H,2-4,16H2,1H3,(H2-,17,18,19,24,25);1H/t7-,8+,10-,11?,14+,27?;/m0./s1. The van der Waals surface area contributed by atoms with Gasteiger partial charge < -0.3 is 43.9 Å². The molecule has 0 saturated carbocycles. The highest BCUT2D eigenvalue weighted by molar-refractivity contribution is 7.96. The average molecular weight is 435 g/mol. The number of hydrogen-bond acceptors (Lipinski definition) is 9. The van der Waals surface area contributed by atoms with E-state index in [1.165, 1.54) is 17.2 Å². The van der Waals surface area contributed by atoms with Crippen LogP contribution in [0.1, 0.15) is 12.6 Å². The minimum absolute atomic E-state index is 0. The van der Waals surface area contributed by atoms with Crippen LogP contribution in [0.15, 0.2) is 12.7 Å². The van der Waals surface area contributed by atoms with E-state index in [1.807, 2.05) is 6.26 Å². The minimum atomic E-state index is -1.16. The lowest BCUT2D eigenvalue weighted by Crippen LogP contribution is -3.00. The summed E-state index contributed by atoms with van der Waals surface area (Å²) in [5, 5.41) is 29.7. The monoisotopic (exact) mass is 434 g/mol. The number of anilines is 1. The van der Waals surface area contributed by atoms with Crippen LogP contribution in [0.3, 0.4) is 0 Å². The molecular weight excluding hydrogens is 412 g/mol. The van der Waals surface area contributed by atoms with Gasteiger partial charge in [-0.15, -0.1) is 0 Å². The maximum atomic E-state index is 10.8. The predicted octanol–water partition coefficient (Wildman–Crippen LogP) is -4.92. The molecule has 13 heteroatoms. The number of ether oxygens (including phenoxy) is 1. The molecule has 1 aliphatic rings. The van der Waals surface area contributed by atoms with E-state index < -0.39 is 36.6 Å². The van der Waals surface area contributed by atoms with E-state index in [0.717, 1.165) is 0 Å². The molecular formula is C15H23ClN6O5S. The summed E-state index contributed by atoms with van der Waals surface area (Å²) in [6.45, 7) is 0. The zero-order valence-electron chi connectivity index (χ0n) is 15.1. The number of fused-ring (bicyclic) bond motifs is 1. The van der Waals surface area contributed by atoms with Gasteiger partial charge in [0, 0.05) is 6.42 Å². The van der Waals surface area contributed by atoms with Crippen LogP contribution in [0.5, 0.6) is 0 Å². The Balaban J connectivity index is 0.00000280. The van der Waals surface area contributed by atoms with Gasteiger partial charge in [0.2, 0.25) is 0 Å². The van der Waals surface area contributed by atoms with Gasteiger partial charge in [-0.1, -0.05) is 0 Å². The van der Waals surface area contributed by atoms with Crippen molar-refractivity contribution in [2.45, 2.75) is 37.0 Å². The van der Waals surface area contributed by atoms with Crippen molar-refractivity contribution in [1.29, 1.82) is 0 Å². The highest BCUT2D eigenvalue weighted by Gasteiger charge is 2.46. The number of nitrogens with two attached hydrogens (primary N) is 2. The number of carboxylic acid groups (broad SMARTS) is 1. The topological polar surface area (TPSA) is 183 Å². The van der Waals surface area contributed by atoms with E-state index in [1.54, 1.807) is 0 Å². The molecule has 11 nitrogen and oxygen atoms in total. The van der Waals surface area contributed by atoms with Crippen molar-refractivity contribution in [3.63, 3.8) is 0 Å². The van der Waals surface area contributed by atoms with Gasteiger partial charge in [0.1, 0.15) is 47.7 Å². The first-order chi connectivity index (χ1) is 12.8. The number of hydrogen-bond donors (Lipinski definition) is 5. The molecule has 2 unspecified atom stereocenters. The molecule has 0 spiro atoms. The summed E-state index contributed by atoms with van der Waals surface area (Å²) in [5.41, 5.74) is 12.1. The van der Waals surface area contributed by atoms with Crippen molar-refractivity contribution >= 4 is 33.8 Å². The van der Waals surface area contributed by atoms with E-state index in [9.17, 15) is 15.0 Å². The third-order valence-electron chi connectivity index (χ3n) is 4.54. The van der Waals surface area contributed by atoms with Gasteiger partial charge in [-0.2, -0.15) is 0 Å². The summed E-state index contributed by atoms with van der Waals surface area (Å²) >= 11 is 0. The Morgan fingerprint density at radius 3 is 2.75 bits per heavy atom. The molecule has 1 aliphatic heterocycles. The van der Waals surface area contributed by atoms with Gasteiger partial charge in [-0.05, 0) is 10.9 Å². The lowest BCUT2D eigenvalue weighted by atomic mass is 10.1. The summed E-state index contributed by atoms with van der Waals surface area (Å²) in [4.78, 5) is 23.0. The fourth-order valence-corrected chi connectivity index (χ4v) is 4.63. The number of aliphatic hydroxyl groups excluding tert-OH is 2. The van der Waals surface area contributed by atoms with Gasteiger partial charge in [-0.3, -0.25) is 9.36 Å². The maximum Gasteiger partial charge on any atom is 0.320 e. The van der Waals surface area contributed by atoms with Gasteiger partial charge in [0.25, 0.3) is 0 Å². The number of nitrogen functional groups attached to an aromatic ring is 1. The Bertz CT molecular complexity index is 825. The molecule has 3 heterocycles. The molecule has 28 heavy (non-hydrogen) atoms. The van der Waals surface area contributed by atoms with E-state index >= 15 is 0 Å². The highest BCUT2D eigenvalue weighted by atomic mass is 35.5. The van der Waals surface area contributed by atoms with Crippen molar-refractivity contribution in [2.75, 3.05) is 23.5 Å². The SMILES string of the molecule is C[S+](CC[C@H](N)C(=O)O)C[C@H]1O[C@@H](n2cnc3c(N)ncnc32)C(O)[C@H]1O.[Cl-]. The Morgan fingerprint density at radius 2 is 2.07 bits per heavy atom. The fraction of sp³-hybridized carbons (Fsp3) is 0.600. The van der Waals surface area contributed by atoms with Crippen LogP contribution in [0.4, 0.5) is 5.82 Å². The van der Waals surface area contributed by atoms with Crippen LogP contribution in [0.25, 0.3) is 11.2 Å². The summed E-state index contributed by atoms with van der Waals surface area (Å²) < 4.78 is 7.41. The number of imidazole rings is 1. The third-order valence-corrected chi connectivity index (χ3v) is 6.37. The van der Waals surface area contributed by atoms with Crippen LogP contribution in [0, 0.1) is 0 Å². The number of nitrogens with zero attached hydrogens (tertiary/aromatic N) is 4. The molecule has 0 aliphatic carbocycles. The number of halogens is 1. The second kappa shape index (κ2) is 9.20. The molecule has 0 amide bonds. The van der Waals surface area contributed by atoms with E-state index in [0.29, 0.717) is 29.1 Å². The number of aromatic nitrogens is 4. The molecule has 2 aromatic heterocycles. The quantitative estimate of drug-likeness (QED) is 0.265. The highest BCUT2D eigenvalue weighted by Crippen LogP contribution is 2.32. The molecule has 2 aromatic rings. The first-order valence-corrected chi connectivity index (χ1v) is 10.3. The van der Waals surface area contributed by atoms with Crippen LogP contribution >= 0.6 is 0 Å². The average Bonchev–Trinajstić information content (AvgIpc) is 3.17. The Labute approximate surface area is 169 Å². The van der Waals surface area contributed by atoms with Crippen molar-refractivity contribution < 1.29 is 37.3 Å². The van der Waals surface area contributed by atoms with E-state index in [-0.39, 0.29) is 29.1 Å². The second-order valence-corrected chi connectivity index (χ2v) is 8.82. The number of rotatable bonds is 7. The maximum absolute atomic E-state index is 10.8. The summed E-state index contributed by atoms with van der Waals surface area (Å²) in [6.07, 6.45) is 1.31.